The molecular weight excluding hydrogens is 574 g/mol. The summed E-state index contributed by atoms with van der Waals surface area (Å²) in [7, 11) is 2.81. The summed E-state index contributed by atoms with van der Waals surface area (Å²) >= 11 is 6.36. The summed E-state index contributed by atoms with van der Waals surface area (Å²) in [6.45, 7) is 4.73. The van der Waals surface area contributed by atoms with Crippen molar-refractivity contribution in [1.29, 1.82) is 0 Å². The lowest BCUT2D eigenvalue weighted by Gasteiger charge is -2.36. The number of alkyl halides is 1. The molecule has 0 bridgehead atoms. The van der Waals surface area contributed by atoms with Crippen molar-refractivity contribution in [3.63, 3.8) is 0 Å². The first-order valence-corrected chi connectivity index (χ1v) is 14.3. The van der Waals surface area contributed by atoms with Gasteiger partial charge < -0.3 is 49.1 Å². The van der Waals surface area contributed by atoms with E-state index in [-0.39, 0.29) is 31.9 Å². The number of aliphatic hydroxyl groups excluding tert-OH is 1. The standard InChI is InChI=1S/C28H40ClN3O10/c1-28(2,3)31-23(34)18-12-16(29)13-32(18)24(35)20(33)17(11-15-9-7-6-8-10-15)30-26(36)41-22-21-19(14-39-25(22)37-4)40-27(38-5)42-21/h6-10,16-22,25,27,33H,11-14H2,1-5H3,(H,30,36)(H,31,34)/t16-,17-,18-,19+,20-,21+,22-,25+,27?/m0/s1. The Labute approximate surface area is 250 Å². The third kappa shape index (κ3) is 7.90. The van der Waals surface area contributed by atoms with E-state index in [1.807, 2.05) is 26.8 Å². The second kappa shape index (κ2) is 13.8. The van der Waals surface area contributed by atoms with Gasteiger partial charge in [-0.25, -0.2) is 4.79 Å². The van der Waals surface area contributed by atoms with Crippen LogP contribution in [0.2, 0.25) is 0 Å². The molecule has 234 valence electrons. The van der Waals surface area contributed by atoms with Crippen LogP contribution in [0.1, 0.15) is 32.8 Å². The molecule has 0 radical (unpaired) electrons. The number of nitrogens with one attached hydrogen (secondary N) is 2. The fourth-order valence-electron chi connectivity index (χ4n) is 5.26. The molecule has 3 fully saturated rings. The number of nitrogens with zero attached hydrogens (tertiary/aromatic N) is 1. The first kappa shape index (κ1) is 32.4. The highest BCUT2D eigenvalue weighted by atomic mass is 35.5. The van der Waals surface area contributed by atoms with Crippen LogP contribution in [0.3, 0.4) is 0 Å². The maximum atomic E-state index is 13.6. The van der Waals surface area contributed by atoms with E-state index >= 15 is 0 Å². The number of hydrogen-bond acceptors (Lipinski definition) is 10. The van der Waals surface area contributed by atoms with Gasteiger partial charge in [0, 0.05) is 26.3 Å². The molecular formula is C28H40ClN3O10. The highest BCUT2D eigenvalue weighted by Crippen LogP contribution is 2.31. The van der Waals surface area contributed by atoms with Gasteiger partial charge in [-0.1, -0.05) is 30.3 Å². The van der Waals surface area contributed by atoms with Crippen LogP contribution in [0, 0.1) is 0 Å². The van der Waals surface area contributed by atoms with E-state index in [2.05, 4.69) is 10.6 Å². The van der Waals surface area contributed by atoms with Crippen LogP contribution in [0.25, 0.3) is 0 Å². The van der Waals surface area contributed by atoms with Crippen LogP contribution in [-0.4, -0.2) is 115 Å². The lowest BCUT2D eigenvalue weighted by molar-refractivity contribution is -0.245. The Hall–Kier alpha value is -2.52. The molecule has 13 nitrogen and oxygen atoms in total. The number of rotatable bonds is 9. The normalized spacial score (nSPS) is 30.7. The van der Waals surface area contributed by atoms with Crippen molar-refractivity contribution >= 4 is 29.5 Å². The van der Waals surface area contributed by atoms with Crippen molar-refractivity contribution in [3.05, 3.63) is 35.9 Å². The van der Waals surface area contributed by atoms with Gasteiger partial charge in [-0.05, 0) is 39.2 Å². The Bertz CT molecular complexity index is 1090. The monoisotopic (exact) mass is 613 g/mol. The van der Waals surface area contributed by atoms with E-state index in [9.17, 15) is 19.5 Å². The van der Waals surface area contributed by atoms with Gasteiger partial charge in [0.2, 0.25) is 5.91 Å². The molecule has 3 saturated heterocycles. The lowest BCUT2D eigenvalue weighted by Crippen LogP contribution is -2.58. The Morgan fingerprint density at radius 1 is 1.14 bits per heavy atom. The second-order valence-corrected chi connectivity index (χ2v) is 12.2. The fourth-order valence-corrected chi connectivity index (χ4v) is 5.57. The third-order valence-corrected chi connectivity index (χ3v) is 7.49. The summed E-state index contributed by atoms with van der Waals surface area (Å²) in [4.78, 5) is 41.2. The van der Waals surface area contributed by atoms with Crippen molar-refractivity contribution in [3.8, 4) is 0 Å². The number of likely N-dealkylation sites (tertiary alicyclic amines) is 1. The van der Waals surface area contributed by atoms with Gasteiger partial charge in [-0.2, -0.15) is 0 Å². The third-order valence-electron chi connectivity index (χ3n) is 7.18. The van der Waals surface area contributed by atoms with Crippen molar-refractivity contribution in [2.24, 2.45) is 0 Å². The quantitative estimate of drug-likeness (QED) is 0.342. The molecule has 3 heterocycles. The SMILES string of the molecule is COC1O[C@H]2[C@H](OC(=O)N[C@@H](Cc3ccccc3)[C@H](O)C(=O)N3C[C@@H](Cl)C[C@H]3C(=O)NC(C)(C)C)[C@H](OC)OC[C@H]2O1. The number of aliphatic hydroxyl groups is 1. The minimum absolute atomic E-state index is 0.0676. The summed E-state index contributed by atoms with van der Waals surface area (Å²) in [5.74, 6) is -1.11. The zero-order valence-corrected chi connectivity index (χ0v) is 25.1. The first-order chi connectivity index (χ1) is 19.9. The van der Waals surface area contributed by atoms with Crippen LogP contribution < -0.4 is 10.6 Å². The van der Waals surface area contributed by atoms with Gasteiger partial charge in [0.05, 0.1) is 18.0 Å². The molecule has 1 unspecified atom stereocenters. The number of hydrogen-bond donors (Lipinski definition) is 3. The molecule has 0 saturated carbocycles. The lowest BCUT2D eigenvalue weighted by atomic mass is 10.00. The number of halogens is 1. The van der Waals surface area contributed by atoms with E-state index in [1.54, 1.807) is 24.3 Å². The number of carbonyl (C=O) groups excluding carboxylic acids is 3. The highest BCUT2D eigenvalue weighted by molar-refractivity contribution is 6.21. The van der Waals surface area contributed by atoms with Gasteiger partial charge >= 0.3 is 6.09 Å². The van der Waals surface area contributed by atoms with E-state index in [4.69, 9.17) is 40.0 Å². The average molecular weight is 614 g/mol. The molecule has 3 amide bonds. The Morgan fingerprint density at radius 3 is 2.50 bits per heavy atom. The molecule has 3 N–H and O–H groups in total. The van der Waals surface area contributed by atoms with E-state index in [0.717, 1.165) is 5.56 Å². The zero-order chi connectivity index (χ0) is 30.6. The molecule has 0 aliphatic carbocycles. The number of methoxy groups -OCH3 is 2. The number of fused-ring (bicyclic) bond motifs is 1. The van der Waals surface area contributed by atoms with Gasteiger partial charge in [-0.3, -0.25) is 9.59 Å². The summed E-state index contributed by atoms with van der Waals surface area (Å²) in [6, 6.07) is 7.04. The topological polar surface area (TPSA) is 154 Å². The van der Waals surface area contributed by atoms with Gasteiger partial charge in [0.15, 0.2) is 18.5 Å². The summed E-state index contributed by atoms with van der Waals surface area (Å²) in [5.41, 5.74) is 0.217. The summed E-state index contributed by atoms with van der Waals surface area (Å²) < 4.78 is 33.1. The van der Waals surface area contributed by atoms with Crippen LogP contribution >= 0.6 is 11.6 Å². The van der Waals surface area contributed by atoms with Gasteiger partial charge in [-0.15, -0.1) is 11.6 Å². The summed E-state index contributed by atoms with van der Waals surface area (Å²) in [5, 5.41) is 16.4. The molecule has 42 heavy (non-hydrogen) atoms. The van der Waals surface area contributed by atoms with Crippen molar-refractivity contribution in [2.75, 3.05) is 27.4 Å². The van der Waals surface area contributed by atoms with E-state index in [1.165, 1.54) is 19.1 Å². The van der Waals surface area contributed by atoms with Crippen LogP contribution in [0.5, 0.6) is 0 Å². The zero-order valence-electron chi connectivity index (χ0n) is 24.4. The fraction of sp³-hybridized carbons (Fsp3) is 0.679. The first-order valence-electron chi connectivity index (χ1n) is 13.8. The predicted molar refractivity (Wildman–Crippen MR) is 148 cm³/mol. The second-order valence-electron chi connectivity index (χ2n) is 11.6. The Morgan fingerprint density at radius 2 is 1.86 bits per heavy atom. The molecule has 1 aromatic carbocycles. The minimum atomic E-state index is -1.72. The van der Waals surface area contributed by atoms with E-state index in [0.29, 0.717) is 0 Å². The average Bonchev–Trinajstić information content (AvgIpc) is 3.55. The van der Waals surface area contributed by atoms with E-state index < -0.39 is 72.2 Å². The van der Waals surface area contributed by atoms with Crippen molar-refractivity contribution in [2.45, 2.75) is 93.8 Å². The smallest absolute Gasteiger partial charge is 0.408 e. The van der Waals surface area contributed by atoms with Crippen molar-refractivity contribution in [1.82, 2.24) is 15.5 Å². The van der Waals surface area contributed by atoms with Crippen LogP contribution in [0.4, 0.5) is 4.79 Å². The van der Waals surface area contributed by atoms with Crippen molar-refractivity contribution < 1.29 is 47.9 Å². The highest BCUT2D eigenvalue weighted by Gasteiger charge is 2.51. The Kier molecular flexibility index (Phi) is 10.7. The molecule has 3 aliphatic heterocycles. The molecule has 1 aromatic rings. The van der Waals surface area contributed by atoms with Crippen LogP contribution in [0.15, 0.2) is 30.3 Å². The number of benzene rings is 1. The maximum Gasteiger partial charge on any atom is 0.408 e. The predicted octanol–water partition coefficient (Wildman–Crippen LogP) is 0.893. The van der Waals surface area contributed by atoms with Gasteiger partial charge in [0.1, 0.15) is 18.2 Å². The molecule has 0 spiro atoms. The number of amides is 3. The molecule has 9 atom stereocenters. The minimum Gasteiger partial charge on any atom is -0.438 e. The van der Waals surface area contributed by atoms with Crippen LogP contribution in [-0.2, 0) is 44.4 Å². The maximum absolute atomic E-state index is 13.6. The molecule has 14 heteroatoms. The Balaban J connectivity index is 1.51. The summed E-state index contributed by atoms with van der Waals surface area (Å²) in [6.07, 6.45) is -5.65. The number of ether oxygens (including phenoxy) is 6. The number of carbonyl (C=O) groups is 3. The molecule has 3 aliphatic rings. The molecule has 0 aromatic heterocycles. The largest absolute Gasteiger partial charge is 0.438 e. The number of alkyl carbamates (subject to hydrolysis) is 1. The molecule has 4 rings (SSSR count). The van der Waals surface area contributed by atoms with Gasteiger partial charge in [0.25, 0.3) is 12.4 Å².